The first kappa shape index (κ1) is 13.9. The molecule has 0 radical (unpaired) electrons. The maximum Gasteiger partial charge on any atom is 0.231 e. The summed E-state index contributed by atoms with van der Waals surface area (Å²) in [5, 5.41) is 3.92. The van der Waals surface area contributed by atoms with E-state index < -0.39 is 0 Å². The molecular formula is C16H16ClNO3. The number of hydrogen-bond acceptors (Lipinski definition) is 4. The van der Waals surface area contributed by atoms with Gasteiger partial charge < -0.3 is 19.5 Å². The van der Waals surface area contributed by atoms with E-state index in [9.17, 15) is 0 Å². The van der Waals surface area contributed by atoms with Gasteiger partial charge in [-0.3, -0.25) is 0 Å². The lowest BCUT2D eigenvalue weighted by atomic mass is 10.2. The molecule has 21 heavy (non-hydrogen) atoms. The van der Waals surface area contributed by atoms with Crippen molar-refractivity contribution in [3.05, 3.63) is 47.0 Å². The Morgan fingerprint density at radius 3 is 2.76 bits per heavy atom. The van der Waals surface area contributed by atoms with Crippen molar-refractivity contribution < 1.29 is 14.2 Å². The van der Waals surface area contributed by atoms with Crippen LogP contribution in [-0.2, 0) is 6.54 Å². The Morgan fingerprint density at radius 2 is 2.00 bits per heavy atom. The van der Waals surface area contributed by atoms with Crippen molar-refractivity contribution >= 4 is 17.3 Å². The van der Waals surface area contributed by atoms with E-state index in [2.05, 4.69) is 5.32 Å². The fourth-order valence-corrected chi connectivity index (χ4v) is 2.45. The zero-order chi connectivity index (χ0) is 14.7. The molecule has 1 heterocycles. The van der Waals surface area contributed by atoms with Crippen molar-refractivity contribution in [3.63, 3.8) is 0 Å². The first-order valence-corrected chi connectivity index (χ1v) is 7.19. The fourth-order valence-electron chi connectivity index (χ4n) is 2.16. The Hall–Kier alpha value is -2.07. The maximum absolute atomic E-state index is 6.16. The van der Waals surface area contributed by atoms with Crippen LogP contribution in [0.2, 0.25) is 5.02 Å². The molecule has 110 valence electrons. The van der Waals surface area contributed by atoms with Crippen molar-refractivity contribution in [1.29, 1.82) is 0 Å². The van der Waals surface area contributed by atoms with E-state index >= 15 is 0 Å². The summed E-state index contributed by atoms with van der Waals surface area (Å²) in [6, 6.07) is 11.7. The van der Waals surface area contributed by atoms with Crippen molar-refractivity contribution in [2.45, 2.75) is 13.5 Å². The second-order valence-electron chi connectivity index (χ2n) is 4.62. The Kier molecular flexibility index (Phi) is 4.06. The lowest BCUT2D eigenvalue weighted by molar-refractivity contribution is 0.174. The molecule has 2 aromatic carbocycles. The second kappa shape index (κ2) is 6.14. The Labute approximate surface area is 128 Å². The quantitative estimate of drug-likeness (QED) is 0.903. The minimum Gasteiger partial charge on any atom is -0.494 e. The van der Waals surface area contributed by atoms with E-state index in [1.807, 2.05) is 43.3 Å². The number of hydrogen-bond donors (Lipinski definition) is 1. The highest BCUT2D eigenvalue weighted by Crippen LogP contribution is 2.39. The van der Waals surface area contributed by atoms with Gasteiger partial charge in [0.05, 0.1) is 11.6 Å². The molecule has 1 aliphatic heterocycles. The molecule has 0 atom stereocenters. The topological polar surface area (TPSA) is 39.7 Å². The second-order valence-corrected chi connectivity index (χ2v) is 5.03. The van der Waals surface area contributed by atoms with Gasteiger partial charge in [0.15, 0.2) is 11.5 Å². The summed E-state index contributed by atoms with van der Waals surface area (Å²) in [6.07, 6.45) is 0. The number of halogens is 1. The van der Waals surface area contributed by atoms with Crippen LogP contribution in [0.25, 0.3) is 0 Å². The van der Waals surface area contributed by atoms with Crippen molar-refractivity contribution in [2.24, 2.45) is 0 Å². The standard InChI is InChI=1S/C16H16ClNO3/c1-2-19-13-5-3-12(4-6-13)18-9-11-7-14(17)16-15(8-11)20-10-21-16/h3-8,18H,2,9-10H2,1H3. The third-order valence-corrected chi connectivity index (χ3v) is 3.43. The maximum atomic E-state index is 6.16. The van der Waals surface area contributed by atoms with Gasteiger partial charge in [0.1, 0.15) is 5.75 Å². The fraction of sp³-hybridized carbons (Fsp3) is 0.250. The monoisotopic (exact) mass is 305 g/mol. The number of fused-ring (bicyclic) bond motifs is 1. The van der Waals surface area contributed by atoms with Crippen LogP contribution in [0, 0.1) is 0 Å². The van der Waals surface area contributed by atoms with Gasteiger partial charge in [-0.25, -0.2) is 0 Å². The summed E-state index contributed by atoms with van der Waals surface area (Å²) in [4.78, 5) is 0. The molecule has 3 rings (SSSR count). The Balaban J connectivity index is 1.66. The van der Waals surface area contributed by atoms with E-state index in [0.29, 0.717) is 29.7 Å². The molecule has 0 saturated carbocycles. The largest absolute Gasteiger partial charge is 0.494 e. The first-order chi connectivity index (χ1) is 10.3. The lowest BCUT2D eigenvalue weighted by Gasteiger charge is -2.09. The van der Waals surface area contributed by atoms with Gasteiger partial charge in [0, 0.05) is 12.2 Å². The molecular weight excluding hydrogens is 290 g/mol. The molecule has 0 bridgehead atoms. The molecule has 1 N–H and O–H groups in total. The van der Waals surface area contributed by atoms with Gasteiger partial charge in [-0.2, -0.15) is 0 Å². The predicted molar refractivity (Wildman–Crippen MR) is 82.5 cm³/mol. The van der Waals surface area contributed by atoms with E-state index in [-0.39, 0.29) is 6.79 Å². The molecule has 0 amide bonds. The third-order valence-electron chi connectivity index (χ3n) is 3.15. The van der Waals surface area contributed by atoms with Gasteiger partial charge in [-0.1, -0.05) is 11.6 Å². The van der Waals surface area contributed by atoms with Crippen molar-refractivity contribution in [3.8, 4) is 17.2 Å². The molecule has 4 nitrogen and oxygen atoms in total. The summed E-state index contributed by atoms with van der Waals surface area (Å²) in [5.41, 5.74) is 2.06. The summed E-state index contributed by atoms with van der Waals surface area (Å²) in [6.45, 7) is 3.52. The van der Waals surface area contributed by atoms with Gasteiger partial charge in [0.2, 0.25) is 6.79 Å². The first-order valence-electron chi connectivity index (χ1n) is 6.81. The van der Waals surface area contributed by atoms with Crippen LogP contribution in [0.5, 0.6) is 17.2 Å². The number of nitrogens with one attached hydrogen (secondary N) is 1. The molecule has 0 fully saturated rings. The molecule has 0 aliphatic carbocycles. The average molecular weight is 306 g/mol. The number of rotatable bonds is 5. The van der Waals surface area contributed by atoms with Crippen LogP contribution in [-0.4, -0.2) is 13.4 Å². The van der Waals surface area contributed by atoms with Crippen molar-refractivity contribution in [2.75, 3.05) is 18.7 Å². The molecule has 0 aromatic heterocycles. The zero-order valence-electron chi connectivity index (χ0n) is 11.7. The summed E-state index contributed by atoms with van der Waals surface area (Å²) in [7, 11) is 0. The predicted octanol–water partition coefficient (Wildman–Crippen LogP) is 4.08. The highest BCUT2D eigenvalue weighted by Gasteiger charge is 2.18. The van der Waals surface area contributed by atoms with Crippen LogP contribution in [0.15, 0.2) is 36.4 Å². The molecule has 0 spiro atoms. The minimum atomic E-state index is 0.227. The van der Waals surface area contributed by atoms with Gasteiger partial charge in [0.25, 0.3) is 0 Å². The Bertz CT molecular complexity index is 628. The summed E-state index contributed by atoms with van der Waals surface area (Å²) < 4.78 is 16.1. The van der Waals surface area contributed by atoms with E-state index in [1.54, 1.807) is 0 Å². The van der Waals surface area contributed by atoms with Crippen molar-refractivity contribution in [1.82, 2.24) is 0 Å². The van der Waals surface area contributed by atoms with Gasteiger partial charge >= 0.3 is 0 Å². The molecule has 0 unspecified atom stereocenters. The normalized spacial score (nSPS) is 12.3. The zero-order valence-corrected chi connectivity index (χ0v) is 12.4. The number of anilines is 1. The van der Waals surface area contributed by atoms with E-state index in [4.69, 9.17) is 25.8 Å². The van der Waals surface area contributed by atoms with E-state index in [1.165, 1.54) is 0 Å². The highest BCUT2D eigenvalue weighted by atomic mass is 35.5. The Morgan fingerprint density at radius 1 is 1.19 bits per heavy atom. The summed E-state index contributed by atoms with van der Waals surface area (Å²) in [5.74, 6) is 2.20. The molecule has 2 aromatic rings. The van der Waals surface area contributed by atoms with Gasteiger partial charge in [-0.05, 0) is 48.9 Å². The van der Waals surface area contributed by atoms with Gasteiger partial charge in [-0.15, -0.1) is 0 Å². The van der Waals surface area contributed by atoms with Crippen LogP contribution in [0.4, 0.5) is 5.69 Å². The smallest absolute Gasteiger partial charge is 0.231 e. The third kappa shape index (κ3) is 3.16. The SMILES string of the molecule is CCOc1ccc(NCc2cc(Cl)c3c(c2)OCO3)cc1. The van der Waals surface area contributed by atoms with Crippen LogP contribution in [0.3, 0.4) is 0 Å². The molecule has 0 saturated heterocycles. The number of benzene rings is 2. The molecule has 5 heteroatoms. The summed E-state index contributed by atoms with van der Waals surface area (Å²) >= 11 is 6.16. The highest BCUT2D eigenvalue weighted by molar-refractivity contribution is 6.32. The van der Waals surface area contributed by atoms with E-state index in [0.717, 1.165) is 17.0 Å². The number of ether oxygens (including phenoxy) is 3. The molecule has 1 aliphatic rings. The van der Waals surface area contributed by atoms with Crippen LogP contribution < -0.4 is 19.5 Å². The van der Waals surface area contributed by atoms with Crippen LogP contribution >= 0.6 is 11.6 Å². The average Bonchev–Trinajstić information content (AvgIpc) is 2.96. The minimum absolute atomic E-state index is 0.227. The van der Waals surface area contributed by atoms with Crippen LogP contribution in [0.1, 0.15) is 12.5 Å². The lowest BCUT2D eigenvalue weighted by Crippen LogP contribution is -1.99.